The van der Waals surface area contributed by atoms with Gasteiger partial charge in [-0.15, -0.1) is 0 Å². The van der Waals surface area contributed by atoms with E-state index in [2.05, 4.69) is 48.8 Å². The van der Waals surface area contributed by atoms with Gasteiger partial charge in [0.15, 0.2) is 38.3 Å². The van der Waals surface area contributed by atoms with Crippen LogP contribution >= 0.6 is 11.6 Å². The van der Waals surface area contributed by atoms with Crippen molar-refractivity contribution in [1.29, 1.82) is 0 Å². The molecular weight excluding hydrogens is 493 g/mol. The number of nitrogens with two attached hydrogens (primary N) is 1. The Balaban J connectivity index is 1.65. The normalized spacial score (nSPS) is 23.1. The second kappa shape index (κ2) is 9.45. The number of imidazole rings is 1. The molecule has 2 N–H and O–H groups in total. The predicted octanol–water partition coefficient (Wildman–Crippen LogP) is 4.54. The van der Waals surface area contributed by atoms with Gasteiger partial charge in [0, 0.05) is 0 Å². The van der Waals surface area contributed by atoms with Crippen molar-refractivity contribution in [2.75, 3.05) is 12.3 Å². The van der Waals surface area contributed by atoms with Crippen molar-refractivity contribution in [2.45, 2.75) is 63.5 Å². The van der Waals surface area contributed by atoms with Gasteiger partial charge < -0.3 is 19.6 Å². The number of aromatic nitrogens is 4. The van der Waals surface area contributed by atoms with Crippen LogP contribution in [0.25, 0.3) is 11.2 Å². The fourth-order valence-corrected chi connectivity index (χ4v) is 4.75. The van der Waals surface area contributed by atoms with Crippen LogP contribution in [0.5, 0.6) is 0 Å². The molecule has 0 amide bonds. The monoisotopic (exact) mass is 521 g/mol. The zero-order valence-electron chi connectivity index (χ0n) is 20.2. The lowest BCUT2D eigenvalue weighted by Gasteiger charge is -2.37. The van der Waals surface area contributed by atoms with Gasteiger partial charge in [0.2, 0.25) is 5.28 Å². The van der Waals surface area contributed by atoms with Crippen LogP contribution in [-0.2, 0) is 13.9 Å². The van der Waals surface area contributed by atoms with Gasteiger partial charge in [0.05, 0.1) is 18.5 Å². The number of hydrogen-bond donors (Lipinski definition) is 1. The quantitative estimate of drug-likeness (QED) is 0.285. The number of benzene rings is 1. The summed E-state index contributed by atoms with van der Waals surface area (Å²) in [6, 6.07) is 8.41. The number of carbonyl (C=O) groups is 1. The lowest BCUT2D eigenvalue weighted by atomic mass is 10.1. The van der Waals surface area contributed by atoms with Gasteiger partial charge >= 0.3 is 5.97 Å². The number of anilines is 1. The molecule has 2 aromatic heterocycles. The molecule has 1 aliphatic rings. The third-order valence-corrected chi connectivity index (χ3v) is 11.3. The number of hydrogen-bond acceptors (Lipinski definition) is 8. The number of fused-ring (bicyclic) bond motifs is 1. The summed E-state index contributed by atoms with van der Waals surface area (Å²) in [5, 5.41) is -0.169. The molecule has 0 aliphatic carbocycles. The largest absolute Gasteiger partial charge is 0.453 e. The molecule has 0 bridgehead atoms. The van der Waals surface area contributed by atoms with E-state index in [1.54, 1.807) is 30.3 Å². The summed E-state index contributed by atoms with van der Waals surface area (Å²) in [7, 11) is -2.19. The van der Waals surface area contributed by atoms with Gasteiger partial charge in [-0.1, -0.05) is 39.0 Å². The number of ether oxygens (including phenoxy) is 2. The van der Waals surface area contributed by atoms with Crippen molar-refractivity contribution in [3.05, 3.63) is 47.5 Å². The molecule has 4 rings (SSSR count). The number of alkyl halides is 1. The second-order valence-electron chi connectivity index (χ2n) is 10.0. The van der Waals surface area contributed by atoms with Crippen LogP contribution in [0.1, 0.15) is 37.4 Å². The number of esters is 1. The SMILES string of the molecule is CC(C)(C)[Si](C)(C)OC[C@H]1O[C@@H](n2cnc3c(N)nc(Cl)nc32)C(F)C1OC(=O)c1ccccc1. The fraction of sp³-hybridized carbons (Fsp3) is 0.478. The highest BCUT2D eigenvalue weighted by Crippen LogP contribution is 2.40. The van der Waals surface area contributed by atoms with E-state index in [0.29, 0.717) is 5.56 Å². The standard InChI is InChI=1S/C23H29ClFN5O4Si/c1-23(2,3)35(4,5)32-11-14-17(34-21(31)13-9-7-6-8-10-13)15(25)20(33-14)30-12-27-16-18(26)28-22(24)29-19(16)30/h6-10,12,14-15,17,20H,11H2,1-5H3,(H2,26,28,29)/t14-,15?,17?,20-/m1/s1. The maximum absolute atomic E-state index is 15.9. The van der Waals surface area contributed by atoms with Crippen LogP contribution in [0, 0.1) is 0 Å². The molecule has 35 heavy (non-hydrogen) atoms. The van der Waals surface area contributed by atoms with Crippen LogP contribution < -0.4 is 5.73 Å². The third kappa shape index (κ3) is 5.04. The lowest BCUT2D eigenvalue weighted by Crippen LogP contribution is -2.45. The predicted molar refractivity (Wildman–Crippen MR) is 132 cm³/mol. The van der Waals surface area contributed by atoms with E-state index in [4.69, 9.17) is 31.2 Å². The summed E-state index contributed by atoms with van der Waals surface area (Å²) < 4.78 is 35.3. The molecule has 12 heteroatoms. The minimum absolute atomic E-state index is 0.0602. The van der Waals surface area contributed by atoms with Gasteiger partial charge in [-0.3, -0.25) is 4.57 Å². The Bertz CT molecular complexity index is 1220. The van der Waals surface area contributed by atoms with E-state index in [0.717, 1.165) is 0 Å². The number of nitrogen functional groups attached to an aromatic ring is 1. The Morgan fingerprint density at radius 3 is 2.60 bits per heavy atom. The number of nitrogens with zero attached hydrogens (tertiary/aromatic N) is 4. The van der Waals surface area contributed by atoms with Crippen LogP contribution in [-0.4, -0.2) is 58.8 Å². The van der Waals surface area contributed by atoms with Crippen molar-refractivity contribution in [1.82, 2.24) is 19.5 Å². The minimum Gasteiger partial charge on any atom is -0.453 e. The summed E-state index contributed by atoms with van der Waals surface area (Å²) in [6.07, 6.45) is -3.64. The van der Waals surface area contributed by atoms with Crippen molar-refractivity contribution < 1.29 is 23.1 Å². The van der Waals surface area contributed by atoms with E-state index in [1.807, 2.05) is 0 Å². The first-order valence-corrected chi connectivity index (χ1v) is 14.5. The van der Waals surface area contributed by atoms with E-state index in [1.165, 1.54) is 10.9 Å². The number of halogens is 2. The number of carbonyl (C=O) groups excluding carboxylic acids is 1. The van der Waals surface area contributed by atoms with E-state index in [-0.39, 0.29) is 33.9 Å². The van der Waals surface area contributed by atoms with Gasteiger partial charge in [-0.2, -0.15) is 9.97 Å². The molecule has 9 nitrogen and oxygen atoms in total. The summed E-state index contributed by atoms with van der Waals surface area (Å²) >= 11 is 5.97. The fourth-order valence-electron chi connectivity index (χ4n) is 3.56. The van der Waals surface area contributed by atoms with Crippen molar-refractivity contribution in [3.63, 3.8) is 0 Å². The first-order valence-electron chi connectivity index (χ1n) is 11.2. The van der Waals surface area contributed by atoms with Crippen LogP contribution in [0.15, 0.2) is 36.7 Å². The van der Waals surface area contributed by atoms with Crippen LogP contribution in [0.4, 0.5) is 10.2 Å². The molecule has 3 aromatic rings. The molecule has 4 atom stereocenters. The molecule has 0 radical (unpaired) electrons. The molecule has 1 fully saturated rings. The highest BCUT2D eigenvalue weighted by Gasteiger charge is 2.50. The molecule has 2 unspecified atom stereocenters. The highest BCUT2D eigenvalue weighted by molar-refractivity contribution is 6.74. The zero-order chi connectivity index (χ0) is 25.5. The summed E-state index contributed by atoms with van der Waals surface area (Å²) in [5.74, 6) is -0.582. The average molecular weight is 522 g/mol. The third-order valence-electron chi connectivity index (χ3n) is 6.63. The molecule has 1 aromatic carbocycles. The van der Waals surface area contributed by atoms with Crippen molar-refractivity contribution in [2.24, 2.45) is 0 Å². The molecule has 0 saturated carbocycles. The average Bonchev–Trinajstić information content (AvgIpc) is 3.33. The summed E-state index contributed by atoms with van der Waals surface area (Å²) in [4.78, 5) is 25.0. The molecule has 0 spiro atoms. The zero-order valence-corrected chi connectivity index (χ0v) is 22.0. The molecular formula is C23H29ClFN5O4Si. The van der Waals surface area contributed by atoms with Gasteiger partial charge in [-0.05, 0) is 41.9 Å². The summed E-state index contributed by atoms with van der Waals surface area (Å²) in [5.41, 5.74) is 6.69. The second-order valence-corrected chi connectivity index (χ2v) is 15.2. The minimum atomic E-state index is -2.19. The van der Waals surface area contributed by atoms with Gasteiger partial charge in [0.1, 0.15) is 11.6 Å². The Labute approximate surface area is 208 Å². The van der Waals surface area contributed by atoms with Crippen LogP contribution in [0.2, 0.25) is 23.4 Å². The Kier molecular flexibility index (Phi) is 6.88. The van der Waals surface area contributed by atoms with Crippen molar-refractivity contribution >= 4 is 42.9 Å². The summed E-state index contributed by atoms with van der Waals surface area (Å²) in [6.45, 7) is 10.5. The Morgan fingerprint density at radius 2 is 1.94 bits per heavy atom. The van der Waals surface area contributed by atoms with E-state index in [9.17, 15) is 4.79 Å². The van der Waals surface area contributed by atoms with Crippen LogP contribution in [0.3, 0.4) is 0 Å². The lowest BCUT2D eigenvalue weighted by molar-refractivity contribution is -0.0484. The first-order chi connectivity index (χ1) is 16.4. The highest BCUT2D eigenvalue weighted by atomic mass is 35.5. The Morgan fingerprint density at radius 1 is 1.26 bits per heavy atom. The van der Waals surface area contributed by atoms with E-state index < -0.39 is 38.9 Å². The maximum atomic E-state index is 15.9. The first kappa shape index (κ1) is 25.5. The molecule has 188 valence electrons. The van der Waals surface area contributed by atoms with E-state index >= 15 is 4.39 Å². The molecule has 3 heterocycles. The molecule has 1 aliphatic heterocycles. The number of rotatable bonds is 6. The van der Waals surface area contributed by atoms with Gasteiger partial charge in [0.25, 0.3) is 0 Å². The van der Waals surface area contributed by atoms with Crippen molar-refractivity contribution in [3.8, 4) is 0 Å². The topological polar surface area (TPSA) is 114 Å². The van der Waals surface area contributed by atoms with Gasteiger partial charge in [-0.25, -0.2) is 14.2 Å². The smallest absolute Gasteiger partial charge is 0.338 e. The molecule has 1 saturated heterocycles. The Hall–Kier alpha value is -2.60. The maximum Gasteiger partial charge on any atom is 0.338 e.